The minimum absolute atomic E-state index is 0.131. The van der Waals surface area contributed by atoms with Crippen LogP contribution in [0.2, 0.25) is 0 Å². The second-order valence-electron chi connectivity index (χ2n) is 14.1. The number of carbonyl (C=O) groups excluding carboxylic acids is 1. The van der Waals surface area contributed by atoms with E-state index in [1.807, 2.05) is 42.3 Å². The third-order valence-electron chi connectivity index (χ3n) is 13.0. The second-order valence-corrected chi connectivity index (χ2v) is 14.1. The van der Waals surface area contributed by atoms with Crippen LogP contribution in [-0.2, 0) is 11.2 Å². The van der Waals surface area contributed by atoms with Crippen LogP contribution in [-0.4, -0.2) is 59.6 Å². The molecular weight excluding hydrogens is 456 g/mol. The number of hydrogen-bond acceptors (Lipinski definition) is 3. The van der Waals surface area contributed by atoms with Crippen molar-refractivity contribution in [2.24, 2.45) is 34.0 Å². The topological polar surface area (TPSA) is 43.8 Å². The molecule has 4 fully saturated rings. The Morgan fingerprint density at radius 2 is 1.81 bits per heavy atom. The number of amides is 1. The number of fused-ring (bicyclic) bond motifs is 4. The van der Waals surface area contributed by atoms with Crippen LogP contribution in [0.1, 0.15) is 77.7 Å². The van der Waals surface area contributed by atoms with E-state index in [2.05, 4.69) is 38.8 Å². The minimum atomic E-state index is -0.972. The maximum atomic E-state index is 13.2. The van der Waals surface area contributed by atoms with E-state index < -0.39 is 6.10 Å². The zero-order valence-electron chi connectivity index (χ0n) is 23.7. The van der Waals surface area contributed by atoms with Gasteiger partial charge in [0.2, 0.25) is 0 Å². The third kappa shape index (κ3) is 3.64. The van der Waals surface area contributed by atoms with Gasteiger partial charge >= 0.3 is 0 Å². The van der Waals surface area contributed by atoms with Crippen molar-refractivity contribution in [2.45, 2.75) is 96.7 Å². The summed E-state index contributed by atoms with van der Waals surface area (Å²) >= 11 is 0. The molecule has 6 rings (SSSR count). The van der Waals surface area contributed by atoms with Crippen LogP contribution in [0.15, 0.2) is 42.0 Å². The van der Waals surface area contributed by atoms with Gasteiger partial charge in [0.25, 0.3) is 5.91 Å². The predicted octanol–water partition coefficient (Wildman–Crippen LogP) is 5.70. The molecule has 1 heterocycles. The van der Waals surface area contributed by atoms with E-state index in [9.17, 15) is 9.90 Å². The van der Waals surface area contributed by atoms with E-state index in [0.717, 1.165) is 48.6 Å². The number of rotatable bonds is 4. The highest BCUT2D eigenvalue weighted by Gasteiger charge is 2.67. The number of hydrogen-bond donors (Lipinski definition) is 1. The van der Waals surface area contributed by atoms with Gasteiger partial charge in [-0.2, -0.15) is 0 Å². The lowest BCUT2D eigenvalue weighted by molar-refractivity contribution is -0.143. The molecule has 1 aromatic rings. The average Bonchev–Trinajstić information content (AvgIpc) is 3.37. The molecular formula is C33H48N2O2. The molecule has 37 heavy (non-hydrogen) atoms. The van der Waals surface area contributed by atoms with Gasteiger partial charge < -0.3 is 14.9 Å². The Kier molecular flexibility index (Phi) is 6.19. The highest BCUT2D eigenvalue weighted by molar-refractivity contribution is 5.81. The Hall–Kier alpha value is -1.65. The largest absolute Gasteiger partial charge is 0.383 e. The molecule has 4 nitrogen and oxygen atoms in total. The number of allylic oxidation sites excluding steroid dienone is 1. The summed E-state index contributed by atoms with van der Waals surface area (Å²) in [6.45, 7) is 9.00. The Labute approximate surface area is 224 Å². The Morgan fingerprint density at radius 1 is 1.08 bits per heavy atom. The molecule has 1 N–H and O–H groups in total. The standard InChI is InChI=1S/C33H48N2O2/c1-22-26-13-14-28-27-12-11-24-20-25(35(5)30(37)29(36)19-23-9-7-6-8-10-23)15-16-31(24,2)32(27,3)17-18-33(26,28)21-34(22)4/h6-11,22,25-29,36H,12-21H2,1-5H3/t22-,25-,26?,27-,28-,29+,31-,32-,33-/m0/s1. The lowest BCUT2D eigenvalue weighted by Crippen LogP contribution is -2.58. The molecule has 1 amide bonds. The van der Waals surface area contributed by atoms with Gasteiger partial charge in [0.1, 0.15) is 6.10 Å². The monoisotopic (exact) mass is 504 g/mol. The summed E-state index contributed by atoms with van der Waals surface area (Å²) in [4.78, 5) is 17.7. The van der Waals surface area contributed by atoms with Crippen LogP contribution >= 0.6 is 0 Å². The summed E-state index contributed by atoms with van der Waals surface area (Å²) in [7, 11) is 4.28. The minimum Gasteiger partial charge on any atom is -0.383 e. The van der Waals surface area contributed by atoms with Crippen molar-refractivity contribution < 1.29 is 9.90 Å². The van der Waals surface area contributed by atoms with Crippen LogP contribution in [0.4, 0.5) is 0 Å². The van der Waals surface area contributed by atoms with Crippen molar-refractivity contribution in [1.82, 2.24) is 9.80 Å². The zero-order valence-corrected chi connectivity index (χ0v) is 23.7. The van der Waals surface area contributed by atoms with Crippen molar-refractivity contribution in [3.8, 4) is 0 Å². The number of benzene rings is 1. The van der Waals surface area contributed by atoms with Gasteiger partial charge in [0.15, 0.2) is 0 Å². The highest BCUT2D eigenvalue weighted by Crippen LogP contribution is 2.73. The van der Waals surface area contributed by atoms with Crippen molar-refractivity contribution in [1.29, 1.82) is 0 Å². The first-order chi connectivity index (χ1) is 17.6. The van der Waals surface area contributed by atoms with E-state index in [4.69, 9.17) is 0 Å². The molecule has 4 aliphatic carbocycles. The lowest BCUT2D eigenvalue weighted by Gasteiger charge is -2.64. The van der Waals surface area contributed by atoms with Gasteiger partial charge in [0, 0.05) is 32.1 Å². The van der Waals surface area contributed by atoms with E-state index in [1.54, 1.807) is 5.57 Å². The summed E-state index contributed by atoms with van der Waals surface area (Å²) in [6.07, 6.45) is 12.0. The van der Waals surface area contributed by atoms with Crippen LogP contribution in [0.5, 0.6) is 0 Å². The van der Waals surface area contributed by atoms with E-state index in [-0.39, 0.29) is 17.4 Å². The maximum Gasteiger partial charge on any atom is 0.251 e. The Morgan fingerprint density at radius 3 is 2.57 bits per heavy atom. The van der Waals surface area contributed by atoms with E-state index in [0.29, 0.717) is 17.3 Å². The molecule has 1 spiro atoms. The molecule has 202 valence electrons. The van der Waals surface area contributed by atoms with Crippen molar-refractivity contribution in [3.63, 3.8) is 0 Å². The normalized spacial score (nSPS) is 43.7. The fraction of sp³-hybridized carbons (Fsp3) is 0.727. The van der Waals surface area contributed by atoms with Gasteiger partial charge in [0.05, 0.1) is 0 Å². The van der Waals surface area contributed by atoms with Gasteiger partial charge in [-0.1, -0.05) is 55.8 Å². The quantitative estimate of drug-likeness (QED) is 0.535. The molecule has 1 saturated heterocycles. The summed E-state index contributed by atoms with van der Waals surface area (Å²) in [6, 6.07) is 10.8. The first kappa shape index (κ1) is 25.6. The van der Waals surface area contributed by atoms with Crippen molar-refractivity contribution >= 4 is 5.91 Å². The van der Waals surface area contributed by atoms with Gasteiger partial charge in [-0.15, -0.1) is 0 Å². The van der Waals surface area contributed by atoms with Crippen molar-refractivity contribution in [3.05, 3.63) is 47.5 Å². The summed E-state index contributed by atoms with van der Waals surface area (Å²) in [5.41, 5.74) is 3.75. The first-order valence-electron chi connectivity index (χ1n) is 15.0. The smallest absolute Gasteiger partial charge is 0.251 e. The zero-order chi connectivity index (χ0) is 26.2. The number of nitrogens with zero attached hydrogens (tertiary/aromatic N) is 2. The number of aliphatic hydroxyl groups is 1. The molecule has 1 aliphatic heterocycles. The number of carbonyl (C=O) groups is 1. The Balaban J connectivity index is 1.19. The van der Waals surface area contributed by atoms with Crippen LogP contribution in [0.3, 0.4) is 0 Å². The van der Waals surface area contributed by atoms with Crippen LogP contribution in [0.25, 0.3) is 0 Å². The summed E-state index contributed by atoms with van der Waals surface area (Å²) in [5, 5.41) is 10.7. The van der Waals surface area contributed by atoms with Crippen LogP contribution in [0, 0.1) is 34.0 Å². The molecule has 9 atom stereocenters. The van der Waals surface area contributed by atoms with Gasteiger partial charge in [-0.25, -0.2) is 0 Å². The molecule has 5 aliphatic rings. The van der Waals surface area contributed by atoms with E-state index in [1.165, 1.54) is 38.6 Å². The molecule has 0 bridgehead atoms. The predicted molar refractivity (Wildman–Crippen MR) is 149 cm³/mol. The molecule has 1 aromatic carbocycles. The third-order valence-corrected chi connectivity index (χ3v) is 13.0. The van der Waals surface area contributed by atoms with E-state index >= 15 is 0 Å². The molecule has 4 heteroatoms. The fourth-order valence-corrected chi connectivity index (χ4v) is 10.5. The SMILES string of the molecule is C[C@H]1C2CC[C@H]3[C@@H]4CC=C5C[C@@H](N(C)C(=O)[C@H](O)Cc6ccccc6)CC[C@]5(C)[C@@]4(C)CC[C@]23CN1C. The maximum absolute atomic E-state index is 13.2. The Bertz CT molecular complexity index is 1070. The highest BCUT2D eigenvalue weighted by atomic mass is 16.3. The van der Waals surface area contributed by atoms with Gasteiger partial charge in [-0.05, 0) is 105 Å². The second kappa shape index (κ2) is 8.95. The first-order valence-corrected chi connectivity index (χ1v) is 15.0. The van der Waals surface area contributed by atoms with Crippen molar-refractivity contribution in [2.75, 3.05) is 20.6 Å². The summed E-state index contributed by atoms with van der Waals surface area (Å²) in [5.74, 6) is 2.42. The number of likely N-dealkylation sites (tertiary alicyclic amines) is 1. The number of likely N-dealkylation sites (N-methyl/N-ethyl adjacent to an activating group) is 1. The molecule has 1 unspecified atom stereocenters. The number of aliphatic hydroxyl groups excluding tert-OH is 1. The molecule has 0 aromatic heterocycles. The fourth-order valence-electron chi connectivity index (χ4n) is 10.5. The molecule has 3 saturated carbocycles. The molecule has 0 radical (unpaired) electrons. The summed E-state index contributed by atoms with van der Waals surface area (Å²) < 4.78 is 0. The van der Waals surface area contributed by atoms with Gasteiger partial charge in [-0.3, -0.25) is 4.79 Å². The average molecular weight is 505 g/mol. The lowest BCUT2D eigenvalue weighted by atomic mass is 9.40. The van der Waals surface area contributed by atoms with Crippen LogP contribution < -0.4 is 0 Å².